The molecule has 0 aliphatic carbocycles. The van der Waals surface area contributed by atoms with Gasteiger partial charge in [0.25, 0.3) is 11.6 Å². The average molecular weight is 549 g/mol. The van der Waals surface area contributed by atoms with Gasteiger partial charge in [-0.1, -0.05) is 12.1 Å². The van der Waals surface area contributed by atoms with Gasteiger partial charge in [-0.15, -0.1) is 11.3 Å². The maximum atomic E-state index is 13.6. The van der Waals surface area contributed by atoms with Crippen molar-refractivity contribution in [3.05, 3.63) is 89.9 Å². The Hall–Kier alpha value is -3.02. The largest absolute Gasteiger partial charge is 0.494 e. The second-order valence-electron chi connectivity index (χ2n) is 7.00. The Morgan fingerprint density at radius 2 is 1.91 bits per heavy atom. The zero-order valence-corrected chi connectivity index (χ0v) is 20.4. The summed E-state index contributed by atoms with van der Waals surface area (Å²) in [5.74, 6) is -0.137. The molecular weight excluding hydrogens is 532 g/mol. The van der Waals surface area contributed by atoms with E-state index in [0.717, 1.165) is 8.69 Å². The van der Waals surface area contributed by atoms with E-state index in [0.29, 0.717) is 22.9 Å². The van der Waals surface area contributed by atoms with E-state index in [-0.39, 0.29) is 16.2 Å². The molecule has 170 valence electrons. The van der Waals surface area contributed by atoms with Crippen LogP contribution in [0.5, 0.6) is 5.75 Å². The molecule has 2 heterocycles. The number of hydrogen-bond donors (Lipinski definition) is 0. The summed E-state index contributed by atoms with van der Waals surface area (Å²) in [4.78, 5) is 25.5. The molecule has 1 saturated heterocycles. The molecule has 11 heteroatoms. The first-order chi connectivity index (χ1) is 15.7. The van der Waals surface area contributed by atoms with Crippen molar-refractivity contribution in [2.24, 2.45) is 0 Å². The van der Waals surface area contributed by atoms with Crippen LogP contribution in [-0.2, 0) is 14.6 Å². The third-order valence-electron chi connectivity index (χ3n) is 4.92. The highest BCUT2D eigenvalue weighted by Crippen LogP contribution is 2.44. The molecule has 0 bridgehead atoms. The van der Waals surface area contributed by atoms with Crippen LogP contribution in [0.4, 0.5) is 11.4 Å². The van der Waals surface area contributed by atoms with E-state index >= 15 is 0 Å². The molecular formula is C22H17BrN2O6S2. The third kappa shape index (κ3) is 4.43. The van der Waals surface area contributed by atoms with Crippen LogP contribution in [-0.4, -0.2) is 25.9 Å². The Balaban J connectivity index is 1.89. The average Bonchev–Trinajstić information content (AvgIpc) is 3.28. The van der Waals surface area contributed by atoms with Gasteiger partial charge in [-0.25, -0.2) is 8.42 Å². The van der Waals surface area contributed by atoms with E-state index in [2.05, 4.69) is 15.9 Å². The molecule has 1 atom stereocenters. The number of non-ortho nitro benzene ring substituents is 1. The van der Waals surface area contributed by atoms with Crippen molar-refractivity contribution in [2.75, 3.05) is 11.5 Å². The minimum atomic E-state index is -4.20. The van der Waals surface area contributed by atoms with Crippen molar-refractivity contribution < 1.29 is 22.9 Å². The SMILES string of the molecule is CCOc1ccc(N2C(=O)/C(=C\c3ccc(Br)s3)S(=O)(=O)C2c2cccc([N+](=O)[O-])c2)cc1. The van der Waals surface area contributed by atoms with Gasteiger partial charge in [0, 0.05) is 22.7 Å². The second kappa shape index (κ2) is 9.08. The molecule has 3 aromatic rings. The maximum Gasteiger partial charge on any atom is 0.271 e. The van der Waals surface area contributed by atoms with Crippen LogP contribution in [0.25, 0.3) is 6.08 Å². The van der Waals surface area contributed by atoms with Gasteiger partial charge in [-0.3, -0.25) is 19.8 Å². The third-order valence-corrected chi connectivity index (χ3v) is 8.47. The van der Waals surface area contributed by atoms with Gasteiger partial charge in [-0.05, 0) is 70.9 Å². The fraction of sp³-hybridized carbons (Fsp3) is 0.136. The monoisotopic (exact) mass is 548 g/mol. The lowest BCUT2D eigenvalue weighted by molar-refractivity contribution is -0.384. The molecule has 1 amide bonds. The van der Waals surface area contributed by atoms with Crippen LogP contribution in [0.3, 0.4) is 0 Å². The van der Waals surface area contributed by atoms with Gasteiger partial charge < -0.3 is 4.74 Å². The van der Waals surface area contributed by atoms with E-state index < -0.39 is 26.0 Å². The number of sulfone groups is 1. The molecule has 0 radical (unpaired) electrons. The summed E-state index contributed by atoms with van der Waals surface area (Å²) in [6.45, 7) is 2.29. The number of carbonyl (C=O) groups excluding carboxylic acids is 1. The predicted molar refractivity (Wildman–Crippen MR) is 130 cm³/mol. The molecule has 4 rings (SSSR count). The standard InChI is InChI=1S/C22H17BrN2O6S2/c1-2-31-17-8-6-15(7-9-17)24-21(26)19(13-18-10-11-20(23)32-18)33(29,30)22(24)14-4-3-5-16(12-14)25(27)28/h3-13,22H,2H2,1H3/b19-13+. The summed E-state index contributed by atoms with van der Waals surface area (Å²) in [6, 6.07) is 15.2. The van der Waals surface area contributed by atoms with Gasteiger partial charge in [-0.2, -0.15) is 0 Å². The van der Waals surface area contributed by atoms with Gasteiger partial charge in [0.1, 0.15) is 10.7 Å². The first kappa shape index (κ1) is 23.1. The first-order valence-electron chi connectivity index (χ1n) is 9.74. The fourth-order valence-corrected chi connectivity index (χ4v) is 6.84. The number of anilines is 1. The summed E-state index contributed by atoms with van der Waals surface area (Å²) in [6.07, 6.45) is 1.34. The second-order valence-corrected chi connectivity index (χ2v) is 11.5. The lowest BCUT2D eigenvalue weighted by Crippen LogP contribution is -2.29. The van der Waals surface area contributed by atoms with E-state index in [4.69, 9.17) is 4.74 Å². The molecule has 1 fully saturated rings. The van der Waals surface area contributed by atoms with Crippen molar-refractivity contribution >= 4 is 60.5 Å². The smallest absolute Gasteiger partial charge is 0.271 e. The predicted octanol–water partition coefficient (Wildman–Crippen LogP) is 5.32. The molecule has 0 spiro atoms. The van der Waals surface area contributed by atoms with Crippen molar-refractivity contribution in [1.29, 1.82) is 0 Å². The lowest BCUT2D eigenvalue weighted by Gasteiger charge is -2.23. The molecule has 33 heavy (non-hydrogen) atoms. The van der Waals surface area contributed by atoms with E-state index in [1.165, 1.54) is 41.7 Å². The van der Waals surface area contributed by atoms with Crippen LogP contribution in [0.1, 0.15) is 22.7 Å². The number of ether oxygens (including phenoxy) is 1. The van der Waals surface area contributed by atoms with Crippen molar-refractivity contribution in [1.82, 2.24) is 0 Å². The number of rotatable bonds is 6. The van der Waals surface area contributed by atoms with Crippen LogP contribution in [0, 0.1) is 10.1 Å². The highest BCUT2D eigenvalue weighted by molar-refractivity contribution is 9.11. The van der Waals surface area contributed by atoms with Crippen molar-refractivity contribution in [3.63, 3.8) is 0 Å². The topological polar surface area (TPSA) is 107 Å². The molecule has 1 aliphatic rings. The number of nitrogens with zero attached hydrogens (tertiary/aromatic N) is 2. The number of nitro benzene ring substituents is 1. The Labute approximate surface area is 202 Å². The number of carbonyl (C=O) groups is 1. The van der Waals surface area contributed by atoms with Gasteiger partial charge in [0.2, 0.25) is 9.84 Å². The maximum absolute atomic E-state index is 13.6. The Morgan fingerprint density at radius 1 is 1.18 bits per heavy atom. The number of amides is 1. The summed E-state index contributed by atoms with van der Waals surface area (Å²) in [5.41, 5.74) is 0.197. The van der Waals surface area contributed by atoms with Crippen LogP contribution >= 0.6 is 27.3 Å². The van der Waals surface area contributed by atoms with Gasteiger partial charge in [0.05, 0.1) is 15.3 Å². The molecule has 0 N–H and O–H groups in total. The van der Waals surface area contributed by atoms with Gasteiger partial charge in [0.15, 0.2) is 5.37 Å². The Bertz CT molecular complexity index is 1370. The highest BCUT2D eigenvalue weighted by atomic mass is 79.9. The van der Waals surface area contributed by atoms with E-state index in [9.17, 15) is 23.3 Å². The van der Waals surface area contributed by atoms with Crippen molar-refractivity contribution in [3.8, 4) is 5.75 Å². The quantitative estimate of drug-likeness (QED) is 0.234. The molecule has 2 aromatic carbocycles. The minimum Gasteiger partial charge on any atom is -0.494 e. The number of benzene rings is 2. The van der Waals surface area contributed by atoms with Crippen molar-refractivity contribution in [2.45, 2.75) is 12.3 Å². The molecule has 1 aliphatic heterocycles. The van der Waals surface area contributed by atoms with Crippen LogP contribution in [0.2, 0.25) is 0 Å². The zero-order valence-electron chi connectivity index (χ0n) is 17.2. The Kier molecular flexibility index (Phi) is 6.37. The number of halogens is 1. The summed E-state index contributed by atoms with van der Waals surface area (Å²) in [7, 11) is -4.20. The number of nitro groups is 1. The van der Waals surface area contributed by atoms with Crippen LogP contribution < -0.4 is 9.64 Å². The molecule has 1 unspecified atom stereocenters. The number of hydrogen-bond acceptors (Lipinski definition) is 7. The fourth-order valence-electron chi connectivity index (χ4n) is 3.53. The first-order valence-corrected chi connectivity index (χ1v) is 12.9. The normalized spacial score (nSPS) is 18.6. The molecule has 8 nitrogen and oxygen atoms in total. The number of thiophene rings is 1. The zero-order chi connectivity index (χ0) is 23.8. The van der Waals surface area contributed by atoms with Gasteiger partial charge >= 0.3 is 0 Å². The van der Waals surface area contributed by atoms with E-state index in [1.807, 2.05) is 6.92 Å². The lowest BCUT2D eigenvalue weighted by atomic mass is 10.1. The molecule has 1 aromatic heterocycles. The molecule has 0 saturated carbocycles. The summed E-state index contributed by atoms with van der Waals surface area (Å²) in [5, 5.41) is 9.85. The van der Waals surface area contributed by atoms with Crippen LogP contribution in [0.15, 0.2) is 69.4 Å². The Morgan fingerprint density at radius 3 is 2.52 bits per heavy atom. The van der Waals surface area contributed by atoms with E-state index in [1.54, 1.807) is 36.4 Å². The summed E-state index contributed by atoms with van der Waals surface area (Å²) < 4.78 is 33.5. The minimum absolute atomic E-state index is 0.127. The summed E-state index contributed by atoms with van der Waals surface area (Å²) >= 11 is 4.62. The highest BCUT2D eigenvalue weighted by Gasteiger charge is 2.50.